The molecule has 2 aromatic heterocycles. The van der Waals surface area contributed by atoms with Crippen molar-refractivity contribution in [3.05, 3.63) is 200 Å². The first kappa shape index (κ1) is 32.5. The number of aromatic nitrogens is 3. The van der Waals surface area contributed by atoms with Gasteiger partial charge in [0.2, 0.25) is 0 Å². The maximum Gasteiger partial charge on any atom is 0.160 e. The van der Waals surface area contributed by atoms with Crippen LogP contribution in [0.2, 0.25) is 0 Å². The number of rotatable bonds is 5. The van der Waals surface area contributed by atoms with Crippen LogP contribution in [-0.4, -0.2) is 15.0 Å². The third-order valence-electron chi connectivity index (χ3n) is 11.9. The predicted molar refractivity (Wildman–Crippen MR) is 243 cm³/mol. The Morgan fingerprint density at radius 2 is 0.759 bits per heavy atom. The van der Waals surface area contributed by atoms with E-state index in [1.807, 2.05) is 30.5 Å². The molecule has 0 saturated heterocycles. The summed E-state index contributed by atoms with van der Waals surface area (Å²) in [6.45, 7) is 0. The van der Waals surface area contributed by atoms with Crippen molar-refractivity contribution in [3.8, 4) is 56.2 Å². The first-order valence-corrected chi connectivity index (χ1v) is 19.7. The van der Waals surface area contributed by atoms with Crippen LogP contribution < -0.4 is 0 Å². The number of pyridine rings is 1. The highest BCUT2D eigenvalue weighted by Crippen LogP contribution is 2.44. The molecule has 0 radical (unpaired) electrons. The van der Waals surface area contributed by atoms with Gasteiger partial charge in [-0.3, -0.25) is 4.98 Å². The summed E-state index contributed by atoms with van der Waals surface area (Å²) < 4.78 is 0. The van der Waals surface area contributed by atoms with Crippen molar-refractivity contribution in [2.75, 3.05) is 0 Å². The zero-order valence-electron chi connectivity index (χ0n) is 31.4. The maximum absolute atomic E-state index is 5.13. The highest BCUT2D eigenvalue weighted by atomic mass is 14.9. The molecule has 0 aliphatic heterocycles. The Morgan fingerprint density at radius 1 is 0.276 bits per heavy atom. The normalized spacial score (nSPS) is 11.8. The van der Waals surface area contributed by atoms with Gasteiger partial charge in [-0.25, -0.2) is 9.97 Å². The molecule has 0 aliphatic rings. The van der Waals surface area contributed by atoms with Crippen molar-refractivity contribution in [3.63, 3.8) is 0 Å². The molecule has 0 aliphatic carbocycles. The van der Waals surface area contributed by atoms with Crippen LogP contribution in [0.15, 0.2) is 200 Å². The summed E-state index contributed by atoms with van der Waals surface area (Å²) in [6, 6.07) is 68.0. The van der Waals surface area contributed by atoms with Gasteiger partial charge in [0.05, 0.1) is 11.4 Å². The highest BCUT2D eigenvalue weighted by Gasteiger charge is 2.17. The summed E-state index contributed by atoms with van der Waals surface area (Å²) in [5.74, 6) is 0.700. The topological polar surface area (TPSA) is 38.7 Å². The molecule has 0 fully saturated rings. The molecule has 58 heavy (non-hydrogen) atoms. The summed E-state index contributed by atoms with van der Waals surface area (Å²) in [5.41, 5.74) is 9.36. The summed E-state index contributed by atoms with van der Waals surface area (Å²) in [7, 11) is 0. The van der Waals surface area contributed by atoms with E-state index in [4.69, 9.17) is 9.97 Å². The Balaban J connectivity index is 1.03. The largest absolute Gasteiger partial charge is 0.264 e. The molecule has 12 aromatic rings. The molecular weight excluding hydrogens is 703 g/mol. The highest BCUT2D eigenvalue weighted by molar-refractivity contribution is 6.37. The lowest BCUT2D eigenvalue weighted by Gasteiger charge is -2.17. The van der Waals surface area contributed by atoms with Crippen LogP contribution in [0.25, 0.3) is 121 Å². The molecule has 12 rings (SSSR count). The molecule has 3 nitrogen and oxygen atoms in total. The van der Waals surface area contributed by atoms with Crippen LogP contribution in [0.4, 0.5) is 0 Å². The van der Waals surface area contributed by atoms with Crippen LogP contribution in [-0.2, 0) is 0 Å². The molecule has 0 atom stereocenters. The zero-order chi connectivity index (χ0) is 38.2. The lowest BCUT2D eigenvalue weighted by atomic mass is 9.86. The minimum Gasteiger partial charge on any atom is -0.264 e. The second-order valence-electron chi connectivity index (χ2n) is 15.2. The third-order valence-corrected chi connectivity index (χ3v) is 11.9. The van der Waals surface area contributed by atoms with Gasteiger partial charge in [-0.05, 0) is 111 Å². The van der Waals surface area contributed by atoms with Crippen LogP contribution in [0.1, 0.15) is 0 Å². The summed E-state index contributed by atoms with van der Waals surface area (Å²) >= 11 is 0. The van der Waals surface area contributed by atoms with Gasteiger partial charge in [0.25, 0.3) is 0 Å². The van der Waals surface area contributed by atoms with E-state index < -0.39 is 0 Å². The van der Waals surface area contributed by atoms with E-state index in [0.29, 0.717) is 5.82 Å². The monoisotopic (exact) mass is 735 g/mol. The summed E-state index contributed by atoms with van der Waals surface area (Å²) in [6.07, 6.45) is 3.69. The first-order valence-electron chi connectivity index (χ1n) is 19.7. The Labute approximate surface area is 334 Å². The van der Waals surface area contributed by atoms with Crippen molar-refractivity contribution < 1.29 is 0 Å². The predicted octanol–water partition coefficient (Wildman–Crippen LogP) is 14.6. The molecule has 3 heteroatoms. The van der Waals surface area contributed by atoms with Gasteiger partial charge in [-0.1, -0.05) is 164 Å². The maximum atomic E-state index is 5.13. The van der Waals surface area contributed by atoms with Crippen LogP contribution >= 0.6 is 0 Å². The number of fused-ring (bicyclic) bond motifs is 2. The summed E-state index contributed by atoms with van der Waals surface area (Å²) in [4.78, 5) is 14.5. The fourth-order valence-corrected chi connectivity index (χ4v) is 9.11. The smallest absolute Gasteiger partial charge is 0.160 e. The number of benzene rings is 9. The number of hydrogen-bond acceptors (Lipinski definition) is 3. The van der Waals surface area contributed by atoms with Gasteiger partial charge in [0, 0.05) is 29.1 Å². The second-order valence-corrected chi connectivity index (χ2v) is 15.2. The lowest BCUT2D eigenvalue weighted by molar-refractivity contribution is 1.18. The molecular formula is C55H33N3. The van der Waals surface area contributed by atoms with Crippen molar-refractivity contribution in [2.45, 2.75) is 0 Å². The number of hydrogen-bond donors (Lipinski definition) is 0. The van der Waals surface area contributed by atoms with E-state index in [2.05, 4.69) is 169 Å². The van der Waals surface area contributed by atoms with Gasteiger partial charge in [0.15, 0.2) is 5.82 Å². The quantitative estimate of drug-likeness (QED) is 0.165. The van der Waals surface area contributed by atoms with Gasteiger partial charge >= 0.3 is 0 Å². The zero-order valence-corrected chi connectivity index (χ0v) is 31.4. The Kier molecular flexibility index (Phi) is 7.23. The van der Waals surface area contributed by atoms with Crippen LogP contribution in [0.3, 0.4) is 0 Å². The number of nitrogens with zero attached hydrogens (tertiary/aromatic N) is 3. The molecule has 0 saturated carbocycles. The minimum atomic E-state index is 0.700. The molecule has 0 N–H and O–H groups in total. The SMILES string of the molecule is c1ccc(-c2nc(-c3ccc(-c4cccnc4)cc3)cc(-c3ccc(-c4cc5ccc6cccc7c8cccc9ccc%10cccc(c(c4)c5c67)c%10c98)cc3)n2)cc1. The van der Waals surface area contributed by atoms with Crippen LogP contribution in [0, 0.1) is 0 Å². The average molecular weight is 736 g/mol. The van der Waals surface area contributed by atoms with E-state index in [-0.39, 0.29) is 0 Å². The average Bonchev–Trinajstić information content (AvgIpc) is 3.30. The fraction of sp³-hybridized carbons (Fsp3) is 0. The Hall–Kier alpha value is -7.75. The van der Waals surface area contributed by atoms with Crippen LogP contribution in [0.5, 0.6) is 0 Å². The van der Waals surface area contributed by atoms with Gasteiger partial charge in [-0.15, -0.1) is 0 Å². The van der Waals surface area contributed by atoms with Crippen molar-refractivity contribution in [2.24, 2.45) is 0 Å². The second kappa shape index (κ2) is 12.9. The first-order chi connectivity index (χ1) is 28.7. The summed E-state index contributed by atoms with van der Waals surface area (Å²) in [5, 5.41) is 15.4. The molecule has 0 spiro atoms. The fourth-order valence-electron chi connectivity index (χ4n) is 9.11. The van der Waals surface area contributed by atoms with Gasteiger partial charge < -0.3 is 0 Å². The van der Waals surface area contributed by atoms with Crippen molar-refractivity contribution >= 4 is 64.6 Å². The third kappa shape index (κ3) is 5.18. The van der Waals surface area contributed by atoms with E-state index in [1.165, 1.54) is 70.2 Å². The van der Waals surface area contributed by atoms with Crippen molar-refractivity contribution in [1.29, 1.82) is 0 Å². The van der Waals surface area contributed by atoms with Gasteiger partial charge in [0.1, 0.15) is 0 Å². The van der Waals surface area contributed by atoms with E-state index in [9.17, 15) is 0 Å². The molecule has 10 aromatic carbocycles. The van der Waals surface area contributed by atoms with E-state index in [1.54, 1.807) is 6.20 Å². The van der Waals surface area contributed by atoms with Crippen molar-refractivity contribution in [1.82, 2.24) is 15.0 Å². The van der Waals surface area contributed by atoms with Gasteiger partial charge in [-0.2, -0.15) is 0 Å². The standard InChI is InChI=1S/C55H33N3/c1-2-8-41(9-3-1)55-57-49(36-21-17-34(18-22-36)43-13-7-29-56-33-43)32-50(58-55)37-23-19-35(20-24-37)44-30-42-28-27-40-11-5-15-46-45-14-4-10-38-25-26-39-12-6-16-47(53(39)51(38)45)48(31-44)54(42)52(40)46/h1-33H. The Morgan fingerprint density at radius 3 is 1.31 bits per heavy atom. The lowest BCUT2D eigenvalue weighted by Crippen LogP contribution is -1.96. The molecule has 268 valence electrons. The minimum absolute atomic E-state index is 0.700. The molecule has 0 bridgehead atoms. The van der Waals surface area contributed by atoms with E-state index >= 15 is 0 Å². The molecule has 0 amide bonds. The Bertz CT molecular complexity index is 3520. The molecule has 0 unspecified atom stereocenters. The molecule has 2 heterocycles. The van der Waals surface area contributed by atoms with E-state index in [0.717, 1.165) is 44.8 Å².